The van der Waals surface area contributed by atoms with Crippen LogP contribution in [0.1, 0.15) is 5.82 Å². The molecule has 0 aliphatic rings. The van der Waals surface area contributed by atoms with Gasteiger partial charge in [-0.15, -0.1) is 11.8 Å². The molecule has 0 unspecified atom stereocenters. The Kier molecular flexibility index (Phi) is 2.59. The van der Waals surface area contributed by atoms with Gasteiger partial charge in [-0.25, -0.2) is 4.98 Å². The van der Waals surface area contributed by atoms with E-state index in [-0.39, 0.29) is 0 Å². The molecule has 0 aliphatic carbocycles. The maximum atomic E-state index is 4.17. The van der Waals surface area contributed by atoms with Gasteiger partial charge in [-0.2, -0.15) is 0 Å². The van der Waals surface area contributed by atoms with Crippen LogP contribution in [0.4, 0.5) is 0 Å². The molecule has 72 valence electrons. The highest BCUT2D eigenvalue weighted by atomic mass is 32.2. The summed E-state index contributed by atoms with van der Waals surface area (Å²) in [5.41, 5.74) is 2.26. The van der Waals surface area contributed by atoms with Crippen LogP contribution in [-0.2, 0) is 0 Å². The predicted octanol–water partition coefficient (Wildman–Crippen LogP) is 3.11. The zero-order valence-corrected chi connectivity index (χ0v) is 9.06. The number of nitrogens with one attached hydrogen (secondary N) is 1. The lowest BCUT2D eigenvalue weighted by Crippen LogP contribution is -1.78. The Labute approximate surface area is 87.8 Å². The van der Waals surface area contributed by atoms with Gasteiger partial charge in [0.15, 0.2) is 0 Å². The van der Waals surface area contributed by atoms with Crippen molar-refractivity contribution in [3.05, 3.63) is 36.3 Å². The zero-order valence-electron chi connectivity index (χ0n) is 8.24. The van der Waals surface area contributed by atoms with Crippen LogP contribution in [0.2, 0.25) is 0 Å². The van der Waals surface area contributed by atoms with Crippen molar-refractivity contribution in [1.82, 2.24) is 9.97 Å². The van der Waals surface area contributed by atoms with E-state index in [9.17, 15) is 0 Å². The van der Waals surface area contributed by atoms with Gasteiger partial charge in [-0.3, -0.25) is 0 Å². The Balaban J connectivity index is 2.33. The lowest BCUT2D eigenvalue weighted by atomic mass is 10.2. The summed E-state index contributed by atoms with van der Waals surface area (Å²) in [6, 6.07) is 8.46. The number of benzene rings is 1. The minimum atomic E-state index is 0.953. The Morgan fingerprint density at radius 2 is 1.93 bits per heavy atom. The van der Waals surface area contributed by atoms with Crippen molar-refractivity contribution in [2.45, 2.75) is 11.8 Å². The van der Waals surface area contributed by atoms with Gasteiger partial charge in [0.25, 0.3) is 0 Å². The van der Waals surface area contributed by atoms with E-state index in [1.807, 2.05) is 13.1 Å². The number of aryl methyl sites for hydroxylation is 1. The number of rotatable bonds is 2. The largest absolute Gasteiger partial charge is 0.342 e. The summed E-state index contributed by atoms with van der Waals surface area (Å²) in [7, 11) is 0. The second-order valence-corrected chi connectivity index (χ2v) is 3.99. The third-order valence-corrected chi connectivity index (χ3v) is 2.85. The molecule has 0 aliphatic heterocycles. The summed E-state index contributed by atoms with van der Waals surface area (Å²) in [5, 5.41) is 0. The fourth-order valence-electron chi connectivity index (χ4n) is 1.34. The number of thioether (sulfide) groups is 1. The second kappa shape index (κ2) is 3.88. The SMILES string of the molecule is CSc1ccc(-c2cnc(C)[nH]2)cc1. The van der Waals surface area contributed by atoms with E-state index in [0.29, 0.717) is 0 Å². The highest BCUT2D eigenvalue weighted by Gasteiger charge is 1.99. The molecule has 1 heterocycles. The smallest absolute Gasteiger partial charge is 0.103 e. The molecular weight excluding hydrogens is 192 g/mol. The zero-order chi connectivity index (χ0) is 9.97. The van der Waals surface area contributed by atoms with Gasteiger partial charge in [-0.1, -0.05) is 12.1 Å². The maximum Gasteiger partial charge on any atom is 0.103 e. The van der Waals surface area contributed by atoms with Crippen molar-refractivity contribution in [2.24, 2.45) is 0 Å². The fraction of sp³-hybridized carbons (Fsp3) is 0.182. The summed E-state index contributed by atoms with van der Waals surface area (Å²) >= 11 is 1.75. The van der Waals surface area contributed by atoms with Crippen LogP contribution in [0.5, 0.6) is 0 Å². The molecule has 2 rings (SSSR count). The topological polar surface area (TPSA) is 28.7 Å². The molecule has 1 N–H and O–H groups in total. The standard InChI is InChI=1S/C11H12N2S/c1-8-12-7-11(13-8)9-3-5-10(14-2)6-4-9/h3-7H,1-2H3,(H,12,13). The first-order valence-corrected chi connectivity index (χ1v) is 5.68. The Hall–Kier alpha value is -1.22. The molecule has 0 fully saturated rings. The number of hydrogen-bond donors (Lipinski definition) is 1. The summed E-state index contributed by atoms with van der Waals surface area (Å²) in [6.07, 6.45) is 3.94. The van der Waals surface area contributed by atoms with Crippen molar-refractivity contribution in [1.29, 1.82) is 0 Å². The van der Waals surface area contributed by atoms with Crippen molar-refractivity contribution < 1.29 is 0 Å². The molecule has 3 heteroatoms. The first-order chi connectivity index (χ1) is 6.79. The van der Waals surface area contributed by atoms with Crippen LogP contribution in [0.15, 0.2) is 35.4 Å². The van der Waals surface area contributed by atoms with Crippen LogP contribution in [0.25, 0.3) is 11.3 Å². The number of H-pyrrole nitrogens is 1. The van der Waals surface area contributed by atoms with Gasteiger partial charge in [0.05, 0.1) is 11.9 Å². The molecule has 2 aromatic rings. The highest BCUT2D eigenvalue weighted by molar-refractivity contribution is 7.98. The summed E-state index contributed by atoms with van der Waals surface area (Å²) in [6.45, 7) is 1.96. The van der Waals surface area contributed by atoms with Gasteiger partial charge in [0.1, 0.15) is 5.82 Å². The monoisotopic (exact) mass is 204 g/mol. The minimum absolute atomic E-state index is 0.953. The van der Waals surface area contributed by atoms with Gasteiger partial charge in [0.2, 0.25) is 0 Å². The first-order valence-electron chi connectivity index (χ1n) is 4.45. The van der Waals surface area contributed by atoms with E-state index >= 15 is 0 Å². The van der Waals surface area contributed by atoms with Crippen LogP contribution in [0.3, 0.4) is 0 Å². The molecule has 14 heavy (non-hydrogen) atoms. The van der Waals surface area contributed by atoms with Crippen LogP contribution in [0, 0.1) is 6.92 Å². The quantitative estimate of drug-likeness (QED) is 0.761. The number of aromatic nitrogens is 2. The number of nitrogens with zero attached hydrogens (tertiary/aromatic N) is 1. The fourth-order valence-corrected chi connectivity index (χ4v) is 1.75. The molecule has 2 nitrogen and oxygen atoms in total. The van der Waals surface area contributed by atoms with Crippen LogP contribution >= 0.6 is 11.8 Å². The average Bonchev–Trinajstić information content (AvgIpc) is 2.65. The molecule has 0 saturated carbocycles. The molecule has 0 atom stereocenters. The van der Waals surface area contributed by atoms with Gasteiger partial charge < -0.3 is 4.98 Å². The van der Waals surface area contributed by atoms with Crippen LogP contribution < -0.4 is 0 Å². The van der Waals surface area contributed by atoms with Gasteiger partial charge in [0, 0.05) is 4.90 Å². The number of aromatic amines is 1. The normalized spacial score (nSPS) is 10.4. The van der Waals surface area contributed by atoms with Gasteiger partial charge in [-0.05, 0) is 30.9 Å². The molecule has 0 spiro atoms. The number of imidazole rings is 1. The van der Waals surface area contributed by atoms with E-state index in [0.717, 1.165) is 11.5 Å². The van der Waals surface area contributed by atoms with Crippen LogP contribution in [-0.4, -0.2) is 16.2 Å². The summed E-state index contributed by atoms with van der Waals surface area (Å²) in [4.78, 5) is 8.67. The molecule has 0 radical (unpaired) electrons. The first kappa shape index (κ1) is 9.34. The van der Waals surface area contributed by atoms with Gasteiger partial charge >= 0.3 is 0 Å². The average molecular weight is 204 g/mol. The van der Waals surface area contributed by atoms with Crippen molar-refractivity contribution >= 4 is 11.8 Å². The minimum Gasteiger partial charge on any atom is -0.342 e. The Morgan fingerprint density at radius 3 is 2.43 bits per heavy atom. The second-order valence-electron chi connectivity index (χ2n) is 3.11. The van der Waals surface area contributed by atoms with E-state index in [4.69, 9.17) is 0 Å². The Morgan fingerprint density at radius 1 is 1.21 bits per heavy atom. The highest BCUT2D eigenvalue weighted by Crippen LogP contribution is 2.21. The summed E-state index contributed by atoms with van der Waals surface area (Å²) in [5.74, 6) is 0.953. The molecular formula is C11H12N2S. The number of hydrogen-bond acceptors (Lipinski definition) is 2. The lowest BCUT2D eigenvalue weighted by Gasteiger charge is -1.99. The maximum absolute atomic E-state index is 4.17. The lowest BCUT2D eigenvalue weighted by molar-refractivity contribution is 1.15. The molecule has 1 aromatic carbocycles. The third kappa shape index (κ3) is 1.82. The van der Waals surface area contributed by atoms with Crippen molar-refractivity contribution in [2.75, 3.05) is 6.26 Å². The molecule has 0 amide bonds. The molecule has 0 bridgehead atoms. The van der Waals surface area contributed by atoms with E-state index in [1.54, 1.807) is 11.8 Å². The van der Waals surface area contributed by atoms with Crippen molar-refractivity contribution in [3.63, 3.8) is 0 Å². The van der Waals surface area contributed by atoms with E-state index in [2.05, 4.69) is 40.5 Å². The molecule has 1 aromatic heterocycles. The summed E-state index contributed by atoms with van der Waals surface area (Å²) < 4.78 is 0. The Bertz CT molecular complexity index is 417. The van der Waals surface area contributed by atoms with Crippen molar-refractivity contribution in [3.8, 4) is 11.3 Å². The van der Waals surface area contributed by atoms with E-state index < -0.39 is 0 Å². The molecule has 0 saturated heterocycles. The predicted molar refractivity (Wildman–Crippen MR) is 60.5 cm³/mol. The van der Waals surface area contributed by atoms with E-state index in [1.165, 1.54) is 10.5 Å². The third-order valence-electron chi connectivity index (χ3n) is 2.10.